The van der Waals surface area contributed by atoms with Crippen molar-refractivity contribution in [3.63, 3.8) is 0 Å². The van der Waals surface area contributed by atoms with Gasteiger partial charge in [0, 0.05) is 23.2 Å². The Bertz CT molecular complexity index is 917. The number of fused-ring (bicyclic) bond motifs is 1. The van der Waals surface area contributed by atoms with Crippen LogP contribution >= 0.6 is 0 Å². The number of hydrogen-bond acceptors (Lipinski definition) is 1. The van der Waals surface area contributed by atoms with Crippen molar-refractivity contribution in [2.75, 3.05) is 0 Å². The maximum Gasteiger partial charge on any atom is 0.142 e. The van der Waals surface area contributed by atoms with Crippen molar-refractivity contribution in [2.45, 2.75) is 26.8 Å². The lowest BCUT2D eigenvalue weighted by Crippen LogP contribution is -1.99. The lowest BCUT2D eigenvalue weighted by molar-refractivity contribution is -0.104. The molecule has 0 aliphatic rings. The highest BCUT2D eigenvalue weighted by Gasteiger charge is 2.15. The van der Waals surface area contributed by atoms with Crippen LogP contribution in [-0.4, -0.2) is 10.9 Å². The Morgan fingerprint density at radius 1 is 1.12 bits per heavy atom. The van der Waals surface area contributed by atoms with Crippen LogP contribution in [0.4, 0.5) is 4.39 Å². The van der Waals surface area contributed by atoms with E-state index in [2.05, 4.69) is 43.7 Å². The van der Waals surface area contributed by atoms with Gasteiger partial charge in [0.2, 0.25) is 0 Å². The molecule has 0 aliphatic heterocycles. The van der Waals surface area contributed by atoms with Gasteiger partial charge in [0.15, 0.2) is 0 Å². The highest BCUT2D eigenvalue weighted by Crippen LogP contribution is 2.35. The van der Waals surface area contributed by atoms with E-state index in [1.54, 1.807) is 18.2 Å². The Kier molecular flexibility index (Phi) is 4.34. The van der Waals surface area contributed by atoms with Crippen LogP contribution in [0.2, 0.25) is 0 Å². The van der Waals surface area contributed by atoms with E-state index in [1.165, 1.54) is 23.7 Å². The number of hydrogen-bond donors (Lipinski definition) is 0. The summed E-state index contributed by atoms with van der Waals surface area (Å²) in [5.74, 6) is -0.239. The molecule has 1 aromatic heterocycles. The third kappa shape index (κ3) is 2.90. The minimum absolute atomic E-state index is 0.239. The van der Waals surface area contributed by atoms with Gasteiger partial charge in [-0.05, 0) is 67.8 Å². The first-order valence-electron chi connectivity index (χ1n) is 8.04. The SMILES string of the molecule is Cc1cc(/C=C/C=O)cc2c(-c3ccc(F)cc3)cn(C(C)C)c12. The van der Waals surface area contributed by atoms with Gasteiger partial charge >= 0.3 is 0 Å². The number of halogens is 1. The summed E-state index contributed by atoms with van der Waals surface area (Å²) in [6.45, 7) is 6.37. The van der Waals surface area contributed by atoms with Gasteiger partial charge in [0.05, 0.1) is 5.52 Å². The Morgan fingerprint density at radius 3 is 2.46 bits per heavy atom. The van der Waals surface area contributed by atoms with Gasteiger partial charge in [0.1, 0.15) is 12.1 Å². The highest BCUT2D eigenvalue weighted by atomic mass is 19.1. The van der Waals surface area contributed by atoms with Gasteiger partial charge < -0.3 is 4.57 Å². The third-order valence-corrected chi connectivity index (χ3v) is 4.22. The number of nitrogens with zero attached hydrogens (tertiary/aromatic N) is 1. The van der Waals surface area contributed by atoms with Crippen LogP contribution in [0.3, 0.4) is 0 Å². The molecule has 3 heteroatoms. The second-order valence-electron chi connectivity index (χ2n) is 6.28. The van der Waals surface area contributed by atoms with E-state index < -0.39 is 0 Å². The minimum Gasteiger partial charge on any atom is -0.344 e. The summed E-state index contributed by atoms with van der Waals surface area (Å²) in [6, 6.07) is 11.1. The molecule has 2 nitrogen and oxygen atoms in total. The van der Waals surface area contributed by atoms with Crippen molar-refractivity contribution in [3.8, 4) is 11.1 Å². The fourth-order valence-corrected chi connectivity index (χ4v) is 3.14. The van der Waals surface area contributed by atoms with Crippen molar-refractivity contribution in [2.24, 2.45) is 0 Å². The molecule has 0 amide bonds. The molecular formula is C21H20FNO. The highest BCUT2D eigenvalue weighted by molar-refractivity contribution is 5.99. The van der Waals surface area contributed by atoms with Crippen LogP contribution in [0.5, 0.6) is 0 Å². The number of allylic oxidation sites excluding steroid dienone is 1. The molecule has 0 aliphatic carbocycles. The van der Waals surface area contributed by atoms with Crippen molar-refractivity contribution in [1.82, 2.24) is 4.57 Å². The van der Waals surface area contributed by atoms with Crippen molar-refractivity contribution in [1.29, 1.82) is 0 Å². The number of carbonyl (C=O) groups excluding carboxylic acids is 1. The van der Waals surface area contributed by atoms with Crippen LogP contribution in [-0.2, 0) is 4.79 Å². The zero-order valence-electron chi connectivity index (χ0n) is 14.1. The quantitative estimate of drug-likeness (QED) is 0.456. The Labute approximate surface area is 141 Å². The van der Waals surface area contributed by atoms with E-state index in [4.69, 9.17) is 0 Å². The summed E-state index contributed by atoms with van der Waals surface area (Å²) in [4.78, 5) is 10.6. The summed E-state index contributed by atoms with van der Waals surface area (Å²) in [5.41, 5.74) is 5.37. The summed E-state index contributed by atoms with van der Waals surface area (Å²) in [5, 5.41) is 1.11. The van der Waals surface area contributed by atoms with Crippen LogP contribution in [0, 0.1) is 12.7 Å². The van der Waals surface area contributed by atoms with Crippen LogP contribution < -0.4 is 0 Å². The molecule has 0 radical (unpaired) electrons. The maximum absolute atomic E-state index is 13.3. The Hall–Kier alpha value is -2.68. The number of aryl methyl sites for hydroxylation is 1. The van der Waals surface area contributed by atoms with E-state index >= 15 is 0 Å². The Morgan fingerprint density at radius 2 is 1.83 bits per heavy atom. The molecule has 0 spiro atoms. The smallest absolute Gasteiger partial charge is 0.142 e. The molecule has 0 N–H and O–H groups in total. The van der Waals surface area contributed by atoms with Crippen molar-refractivity contribution in [3.05, 3.63) is 65.6 Å². The average Bonchev–Trinajstić information content (AvgIpc) is 2.94. The molecule has 3 rings (SSSR count). The van der Waals surface area contributed by atoms with Crippen molar-refractivity contribution < 1.29 is 9.18 Å². The summed E-state index contributed by atoms with van der Waals surface area (Å²) in [6.07, 6.45) is 6.21. The maximum atomic E-state index is 13.3. The molecular weight excluding hydrogens is 301 g/mol. The topological polar surface area (TPSA) is 22.0 Å². The fraction of sp³-hybridized carbons (Fsp3) is 0.190. The third-order valence-electron chi connectivity index (χ3n) is 4.22. The first-order valence-corrected chi connectivity index (χ1v) is 8.04. The first kappa shape index (κ1) is 16.2. The van der Waals surface area contributed by atoms with Gasteiger partial charge in [0.25, 0.3) is 0 Å². The average molecular weight is 321 g/mol. The van der Waals surface area contributed by atoms with Crippen LogP contribution in [0.1, 0.15) is 31.0 Å². The zero-order valence-corrected chi connectivity index (χ0v) is 14.1. The van der Waals surface area contributed by atoms with Gasteiger partial charge in [-0.2, -0.15) is 0 Å². The van der Waals surface area contributed by atoms with E-state index in [1.807, 2.05) is 0 Å². The number of aldehydes is 1. The molecule has 0 bridgehead atoms. The van der Waals surface area contributed by atoms with Crippen LogP contribution in [0.15, 0.2) is 48.7 Å². The second-order valence-corrected chi connectivity index (χ2v) is 6.28. The Balaban J connectivity index is 2.31. The molecule has 0 saturated carbocycles. The molecule has 1 heterocycles. The number of aromatic nitrogens is 1. The summed E-state index contributed by atoms with van der Waals surface area (Å²) >= 11 is 0. The standard InChI is InChI=1S/C21H20FNO/c1-14(2)23-13-20(17-6-8-18(22)9-7-17)19-12-16(5-4-10-24)11-15(3)21(19)23/h4-14H,1-3H3/b5-4+. The van der Waals surface area contributed by atoms with Gasteiger partial charge in [-0.15, -0.1) is 0 Å². The molecule has 24 heavy (non-hydrogen) atoms. The largest absolute Gasteiger partial charge is 0.344 e. The lowest BCUT2D eigenvalue weighted by atomic mass is 10.0. The normalized spacial score (nSPS) is 11.7. The molecule has 3 aromatic rings. The molecule has 0 unspecified atom stereocenters. The molecule has 0 saturated heterocycles. The van der Waals surface area contributed by atoms with E-state index in [9.17, 15) is 9.18 Å². The predicted octanol–water partition coefficient (Wildman–Crippen LogP) is 5.55. The van der Waals surface area contributed by atoms with Crippen LogP contribution in [0.25, 0.3) is 28.1 Å². The monoisotopic (exact) mass is 321 g/mol. The molecule has 0 fully saturated rings. The predicted molar refractivity (Wildman–Crippen MR) is 97.6 cm³/mol. The number of benzene rings is 2. The van der Waals surface area contributed by atoms with Crippen molar-refractivity contribution >= 4 is 23.3 Å². The van der Waals surface area contributed by atoms with E-state index in [-0.39, 0.29) is 5.82 Å². The first-order chi connectivity index (χ1) is 11.5. The number of rotatable bonds is 4. The summed E-state index contributed by atoms with van der Waals surface area (Å²) in [7, 11) is 0. The van der Waals surface area contributed by atoms with E-state index in [0.29, 0.717) is 6.04 Å². The van der Waals surface area contributed by atoms with E-state index in [0.717, 1.165) is 33.9 Å². The number of carbonyl (C=O) groups is 1. The molecule has 0 atom stereocenters. The fourth-order valence-electron chi connectivity index (χ4n) is 3.14. The van der Waals surface area contributed by atoms with Gasteiger partial charge in [-0.3, -0.25) is 4.79 Å². The van der Waals surface area contributed by atoms with Gasteiger partial charge in [-0.25, -0.2) is 4.39 Å². The lowest BCUT2D eigenvalue weighted by Gasteiger charge is -2.11. The summed E-state index contributed by atoms with van der Waals surface area (Å²) < 4.78 is 15.5. The molecule has 2 aromatic carbocycles. The minimum atomic E-state index is -0.239. The molecule has 122 valence electrons. The second kappa shape index (κ2) is 6.44. The zero-order chi connectivity index (χ0) is 17.3. The van der Waals surface area contributed by atoms with Gasteiger partial charge in [-0.1, -0.05) is 18.2 Å².